The molecule has 2 aromatic carbocycles. The van der Waals surface area contributed by atoms with Crippen molar-refractivity contribution in [1.29, 1.82) is 5.26 Å². The van der Waals surface area contributed by atoms with Crippen molar-refractivity contribution in [3.63, 3.8) is 0 Å². The third-order valence-corrected chi connectivity index (χ3v) is 5.84. The third-order valence-electron chi connectivity index (χ3n) is 4.85. The number of nitrogens with one attached hydrogen (secondary N) is 2. The highest BCUT2D eigenvalue weighted by Crippen LogP contribution is 2.26. The van der Waals surface area contributed by atoms with Gasteiger partial charge in [0, 0.05) is 11.3 Å². The van der Waals surface area contributed by atoms with Gasteiger partial charge in [-0.05, 0) is 44.9 Å². The topological polar surface area (TPSA) is 98.6 Å². The number of H-pyrrole nitrogens is 1. The molecule has 1 amide bonds. The zero-order valence-corrected chi connectivity index (χ0v) is 18.1. The van der Waals surface area contributed by atoms with Crippen LogP contribution in [-0.2, 0) is 4.79 Å². The van der Waals surface area contributed by atoms with Gasteiger partial charge in [-0.1, -0.05) is 53.7 Å². The lowest BCUT2D eigenvalue weighted by atomic mass is 10.1. The number of hydrogen-bond acceptors (Lipinski definition) is 5. The number of anilines is 1. The van der Waals surface area contributed by atoms with E-state index in [1.54, 1.807) is 6.92 Å². The third kappa shape index (κ3) is 4.61. The van der Waals surface area contributed by atoms with Gasteiger partial charge < -0.3 is 10.3 Å². The molecule has 1 aromatic heterocycles. The van der Waals surface area contributed by atoms with Crippen molar-refractivity contribution in [2.45, 2.75) is 38.1 Å². The Kier molecular flexibility index (Phi) is 6.38. The molecule has 0 aliphatic carbocycles. The number of thioether (sulfide) groups is 1. The van der Waals surface area contributed by atoms with E-state index >= 15 is 0 Å². The Morgan fingerprint density at radius 1 is 1.17 bits per heavy atom. The SMILES string of the molecule is Cc1ccc(-c2nc(SC(C)C(=O)Nc3cccc(C)c3C)[nH]c(=O)c2C#N)cc1. The summed E-state index contributed by atoms with van der Waals surface area (Å²) in [6.07, 6.45) is 0. The largest absolute Gasteiger partial charge is 0.325 e. The zero-order valence-electron chi connectivity index (χ0n) is 17.2. The second-order valence-corrected chi connectivity index (χ2v) is 8.40. The summed E-state index contributed by atoms with van der Waals surface area (Å²) in [4.78, 5) is 32.2. The number of carbonyl (C=O) groups is 1. The maximum atomic E-state index is 12.7. The molecule has 0 saturated heterocycles. The highest BCUT2D eigenvalue weighted by atomic mass is 32.2. The quantitative estimate of drug-likeness (QED) is 0.474. The van der Waals surface area contributed by atoms with E-state index in [0.29, 0.717) is 11.3 Å². The Morgan fingerprint density at radius 3 is 2.53 bits per heavy atom. The normalized spacial score (nSPS) is 11.6. The summed E-state index contributed by atoms with van der Waals surface area (Å²) in [5.41, 5.74) is 4.35. The van der Waals surface area contributed by atoms with Crippen molar-refractivity contribution in [2.75, 3.05) is 5.32 Å². The fraction of sp³-hybridized carbons (Fsp3) is 0.217. The average Bonchev–Trinajstić information content (AvgIpc) is 2.71. The van der Waals surface area contributed by atoms with Crippen LogP contribution in [0.4, 0.5) is 5.69 Å². The fourth-order valence-corrected chi connectivity index (χ4v) is 3.67. The molecule has 0 fully saturated rings. The van der Waals surface area contributed by atoms with Crippen LogP contribution in [0.3, 0.4) is 0 Å². The number of aromatic nitrogens is 2. The summed E-state index contributed by atoms with van der Waals surface area (Å²) in [6.45, 7) is 7.64. The summed E-state index contributed by atoms with van der Waals surface area (Å²) >= 11 is 1.14. The van der Waals surface area contributed by atoms with Gasteiger partial charge in [0.05, 0.1) is 10.9 Å². The van der Waals surface area contributed by atoms with Gasteiger partial charge in [0.25, 0.3) is 5.56 Å². The van der Waals surface area contributed by atoms with Crippen molar-refractivity contribution in [2.24, 2.45) is 0 Å². The monoisotopic (exact) mass is 418 g/mol. The first-order valence-electron chi connectivity index (χ1n) is 9.45. The van der Waals surface area contributed by atoms with Crippen molar-refractivity contribution >= 4 is 23.4 Å². The van der Waals surface area contributed by atoms with E-state index in [1.807, 2.05) is 69.3 Å². The van der Waals surface area contributed by atoms with Gasteiger partial charge in [0.2, 0.25) is 5.91 Å². The van der Waals surface area contributed by atoms with Crippen molar-refractivity contribution in [3.05, 3.63) is 75.1 Å². The molecule has 2 N–H and O–H groups in total. The number of nitriles is 1. The molecule has 0 saturated carbocycles. The van der Waals surface area contributed by atoms with Crippen LogP contribution < -0.4 is 10.9 Å². The zero-order chi connectivity index (χ0) is 21.8. The van der Waals surface area contributed by atoms with Crippen LogP contribution in [0.2, 0.25) is 0 Å². The van der Waals surface area contributed by atoms with Gasteiger partial charge in [-0.2, -0.15) is 5.26 Å². The first kappa shape index (κ1) is 21.3. The molecular formula is C23H22N4O2S. The van der Waals surface area contributed by atoms with Crippen LogP contribution in [0.15, 0.2) is 52.4 Å². The highest BCUT2D eigenvalue weighted by molar-refractivity contribution is 8.00. The number of aromatic amines is 1. The molecule has 0 aliphatic heterocycles. The Labute approximate surface area is 179 Å². The lowest BCUT2D eigenvalue weighted by molar-refractivity contribution is -0.115. The summed E-state index contributed by atoms with van der Waals surface area (Å²) in [5.74, 6) is -0.197. The van der Waals surface area contributed by atoms with Gasteiger partial charge in [-0.25, -0.2) is 4.98 Å². The Morgan fingerprint density at radius 2 is 1.87 bits per heavy atom. The average molecular weight is 419 g/mol. The first-order chi connectivity index (χ1) is 14.3. The minimum absolute atomic E-state index is 0.0457. The van der Waals surface area contributed by atoms with Gasteiger partial charge >= 0.3 is 0 Å². The minimum Gasteiger partial charge on any atom is -0.325 e. The minimum atomic E-state index is -0.521. The van der Waals surface area contributed by atoms with E-state index in [-0.39, 0.29) is 16.6 Å². The van der Waals surface area contributed by atoms with Gasteiger partial charge in [-0.15, -0.1) is 0 Å². The molecule has 7 heteroatoms. The molecule has 3 rings (SSSR count). The molecule has 152 valence electrons. The molecule has 6 nitrogen and oxygen atoms in total. The van der Waals surface area contributed by atoms with E-state index in [1.165, 1.54) is 0 Å². The van der Waals surface area contributed by atoms with Crippen LogP contribution in [0.5, 0.6) is 0 Å². The van der Waals surface area contributed by atoms with Gasteiger partial charge in [-0.3, -0.25) is 9.59 Å². The van der Waals surface area contributed by atoms with E-state index in [4.69, 9.17) is 0 Å². The van der Waals surface area contributed by atoms with E-state index in [2.05, 4.69) is 15.3 Å². The summed E-state index contributed by atoms with van der Waals surface area (Å²) in [5, 5.41) is 12.1. The molecule has 1 atom stereocenters. The lowest BCUT2D eigenvalue weighted by Crippen LogP contribution is -2.24. The van der Waals surface area contributed by atoms with E-state index in [0.717, 1.165) is 34.1 Å². The first-order valence-corrected chi connectivity index (χ1v) is 10.3. The van der Waals surface area contributed by atoms with Crippen molar-refractivity contribution < 1.29 is 4.79 Å². The second-order valence-electron chi connectivity index (χ2n) is 7.07. The van der Waals surface area contributed by atoms with Crippen LogP contribution in [0.25, 0.3) is 11.3 Å². The Balaban J connectivity index is 1.86. The number of aryl methyl sites for hydroxylation is 2. The van der Waals surface area contributed by atoms with E-state index < -0.39 is 10.8 Å². The number of amides is 1. The van der Waals surface area contributed by atoms with Crippen LogP contribution in [0.1, 0.15) is 29.2 Å². The summed E-state index contributed by atoms with van der Waals surface area (Å²) in [6, 6.07) is 15.1. The highest BCUT2D eigenvalue weighted by Gasteiger charge is 2.19. The Bertz CT molecular complexity index is 1190. The predicted molar refractivity (Wildman–Crippen MR) is 120 cm³/mol. The molecule has 0 bridgehead atoms. The van der Waals surface area contributed by atoms with E-state index in [9.17, 15) is 14.9 Å². The molecule has 3 aromatic rings. The van der Waals surface area contributed by atoms with Gasteiger partial charge in [0.15, 0.2) is 5.16 Å². The van der Waals surface area contributed by atoms with Crippen LogP contribution in [0, 0.1) is 32.1 Å². The maximum absolute atomic E-state index is 12.7. The van der Waals surface area contributed by atoms with Crippen LogP contribution in [-0.4, -0.2) is 21.1 Å². The van der Waals surface area contributed by atoms with Crippen molar-refractivity contribution in [3.8, 4) is 17.3 Å². The maximum Gasteiger partial charge on any atom is 0.270 e. The van der Waals surface area contributed by atoms with Gasteiger partial charge in [0.1, 0.15) is 11.6 Å². The number of hydrogen-bond donors (Lipinski definition) is 2. The molecule has 0 spiro atoms. The smallest absolute Gasteiger partial charge is 0.270 e. The Hall–Kier alpha value is -3.37. The van der Waals surface area contributed by atoms with Crippen molar-refractivity contribution in [1.82, 2.24) is 9.97 Å². The number of nitrogens with zero attached hydrogens (tertiary/aromatic N) is 2. The summed E-state index contributed by atoms with van der Waals surface area (Å²) < 4.78 is 0. The molecular weight excluding hydrogens is 396 g/mol. The number of benzene rings is 2. The fourth-order valence-electron chi connectivity index (χ4n) is 2.87. The molecule has 1 unspecified atom stereocenters. The second kappa shape index (κ2) is 8.97. The number of carbonyl (C=O) groups excluding carboxylic acids is 1. The standard InChI is InChI=1S/C23H22N4O2S/c1-13-8-10-17(11-9-13)20-18(12-24)22(29)27-23(26-20)30-16(4)21(28)25-19-7-5-6-14(2)15(19)3/h5-11,16H,1-4H3,(H,25,28)(H,26,27,29). The summed E-state index contributed by atoms with van der Waals surface area (Å²) in [7, 11) is 0. The molecule has 0 radical (unpaired) electrons. The number of rotatable bonds is 5. The lowest BCUT2D eigenvalue weighted by Gasteiger charge is -2.14. The molecule has 1 heterocycles. The van der Waals surface area contributed by atoms with Crippen LogP contribution >= 0.6 is 11.8 Å². The predicted octanol–water partition coefficient (Wildman–Crippen LogP) is 4.35. The molecule has 30 heavy (non-hydrogen) atoms. The molecule has 0 aliphatic rings.